The molecule has 0 aliphatic carbocycles. The number of likely N-dealkylation sites (tertiary alicyclic amines) is 1. The summed E-state index contributed by atoms with van der Waals surface area (Å²) in [5.41, 5.74) is 0. The summed E-state index contributed by atoms with van der Waals surface area (Å²) in [5, 5.41) is 2.83. The summed E-state index contributed by atoms with van der Waals surface area (Å²) >= 11 is 0. The quantitative estimate of drug-likeness (QED) is 0.599. The maximum atomic E-state index is 12.0. The van der Waals surface area contributed by atoms with E-state index >= 15 is 0 Å². The lowest BCUT2D eigenvalue weighted by molar-refractivity contribution is -0.138. The standard InChI is InChI=1S/C14H23N3O4/c1-10-8-16(9-11(2)21-10)14(20)15-6-3-7-17-12(18)4-5-13(17)19/h10-11H,3-9H2,1-2H3,(H,15,20)/t10-,11-/m1/s1. The fourth-order valence-electron chi connectivity index (χ4n) is 2.76. The molecule has 2 fully saturated rings. The normalized spacial score (nSPS) is 26.4. The van der Waals surface area contributed by atoms with Crippen molar-refractivity contribution in [2.24, 2.45) is 0 Å². The fourth-order valence-corrected chi connectivity index (χ4v) is 2.76. The van der Waals surface area contributed by atoms with Gasteiger partial charge in [-0.3, -0.25) is 14.5 Å². The van der Waals surface area contributed by atoms with Crippen LogP contribution in [0.5, 0.6) is 0 Å². The maximum absolute atomic E-state index is 12.0. The molecule has 2 saturated heterocycles. The van der Waals surface area contributed by atoms with E-state index < -0.39 is 0 Å². The van der Waals surface area contributed by atoms with Crippen molar-refractivity contribution in [2.45, 2.75) is 45.3 Å². The van der Waals surface area contributed by atoms with Crippen molar-refractivity contribution < 1.29 is 19.1 Å². The van der Waals surface area contributed by atoms with Gasteiger partial charge in [0.15, 0.2) is 0 Å². The molecule has 2 aliphatic rings. The van der Waals surface area contributed by atoms with Crippen LogP contribution in [0.1, 0.15) is 33.1 Å². The number of carbonyl (C=O) groups excluding carboxylic acids is 3. The average Bonchev–Trinajstić information content (AvgIpc) is 2.73. The van der Waals surface area contributed by atoms with Crippen LogP contribution in [0.3, 0.4) is 0 Å². The molecular formula is C14H23N3O4. The van der Waals surface area contributed by atoms with Gasteiger partial charge in [0.2, 0.25) is 11.8 Å². The minimum Gasteiger partial charge on any atom is -0.372 e. The smallest absolute Gasteiger partial charge is 0.317 e. The topological polar surface area (TPSA) is 79.0 Å². The molecule has 1 N–H and O–H groups in total. The van der Waals surface area contributed by atoms with Crippen LogP contribution in [-0.2, 0) is 14.3 Å². The Bertz CT molecular complexity index is 400. The summed E-state index contributed by atoms with van der Waals surface area (Å²) in [5.74, 6) is -0.218. The zero-order chi connectivity index (χ0) is 15.4. The number of imide groups is 1. The molecule has 4 amide bonds. The molecule has 0 aromatic rings. The third-order valence-corrected chi connectivity index (χ3v) is 3.70. The minimum absolute atomic E-state index is 0.0411. The van der Waals surface area contributed by atoms with Crippen LogP contribution < -0.4 is 5.32 Å². The van der Waals surface area contributed by atoms with Gasteiger partial charge in [-0.2, -0.15) is 0 Å². The Morgan fingerprint density at radius 3 is 2.33 bits per heavy atom. The Labute approximate surface area is 124 Å². The monoisotopic (exact) mass is 297 g/mol. The first-order chi connectivity index (χ1) is 9.97. The van der Waals surface area contributed by atoms with Crippen LogP contribution in [0.2, 0.25) is 0 Å². The van der Waals surface area contributed by atoms with E-state index in [9.17, 15) is 14.4 Å². The summed E-state index contributed by atoms with van der Waals surface area (Å²) in [7, 11) is 0. The van der Waals surface area contributed by atoms with Gasteiger partial charge in [-0.05, 0) is 20.3 Å². The predicted molar refractivity (Wildman–Crippen MR) is 75.6 cm³/mol. The van der Waals surface area contributed by atoms with Crippen LogP contribution in [-0.4, -0.2) is 66.0 Å². The van der Waals surface area contributed by atoms with Crippen LogP contribution in [0.4, 0.5) is 4.79 Å². The SMILES string of the molecule is C[C@@H]1CN(C(=O)NCCCN2C(=O)CCC2=O)C[C@@H](C)O1. The summed E-state index contributed by atoms with van der Waals surface area (Å²) in [6.45, 7) is 5.89. The number of ether oxygens (including phenoxy) is 1. The van der Waals surface area contributed by atoms with Crippen molar-refractivity contribution in [3.05, 3.63) is 0 Å². The lowest BCUT2D eigenvalue weighted by atomic mass is 10.2. The van der Waals surface area contributed by atoms with E-state index in [0.29, 0.717) is 45.4 Å². The van der Waals surface area contributed by atoms with Crippen molar-refractivity contribution in [1.29, 1.82) is 0 Å². The van der Waals surface area contributed by atoms with E-state index in [0.717, 1.165) is 0 Å². The summed E-state index contributed by atoms with van der Waals surface area (Å²) in [6, 6.07) is -0.115. The van der Waals surface area contributed by atoms with Crippen molar-refractivity contribution in [2.75, 3.05) is 26.2 Å². The molecule has 0 unspecified atom stereocenters. The van der Waals surface area contributed by atoms with E-state index in [4.69, 9.17) is 4.74 Å². The van der Waals surface area contributed by atoms with Crippen LogP contribution in [0, 0.1) is 0 Å². The van der Waals surface area contributed by atoms with Crippen molar-refractivity contribution in [1.82, 2.24) is 15.1 Å². The van der Waals surface area contributed by atoms with Gasteiger partial charge < -0.3 is 15.0 Å². The van der Waals surface area contributed by atoms with Gasteiger partial charge in [-0.25, -0.2) is 4.79 Å². The van der Waals surface area contributed by atoms with E-state index in [1.807, 2.05) is 13.8 Å². The second-order valence-electron chi connectivity index (χ2n) is 5.69. The molecule has 0 radical (unpaired) electrons. The molecule has 2 heterocycles. The number of rotatable bonds is 4. The van der Waals surface area contributed by atoms with Gasteiger partial charge in [0, 0.05) is 39.0 Å². The number of nitrogens with zero attached hydrogens (tertiary/aromatic N) is 2. The van der Waals surface area contributed by atoms with Crippen LogP contribution in [0.15, 0.2) is 0 Å². The number of urea groups is 1. The predicted octanol–water partition coefficient (Wildman–Crippen LogP) is 0.344. The molecule has 2 atom stereocenters. The molecule has 0 spiro atoms. The third kappa shape index (κ3) is 4.17. The molecule has 0 aromatic carbocycles. The highest BCUT2D eigenvalue weighted by atomic mass is 16.5. The Kier molecular flexibility index (Phi) is 5.17. The van der Waals surface area contributed by atoms with Crippen LogP contribution >= 0.6 is 0 Å². The van der Waals surface area contributed by atoms with Gasteiger partial charge in [0.1, 0.15) is 0 Å². The minimum atomic E-state index is -0.115. The Hall–Kier alpha value is -1.63. The lowest BCUT2D eigenvalue weighted by Crippen LogP contribution is -2.51. The first kappa shape index (κ1) is 15.8. The van der Waals surface area contributed by atoms with Gasteiger partial charge in [0.05, 0.1) is 12.2 Å². The molecule has 7 heteroatoms. The molecule has 2 rings (SSSR count). The number of amides is 4. The Balaban J connectivity index is 1.67. The van der Waals surface area contributed by atoms with Gasteiger partial charge in [-0.1, -0.05) is 0 Å². The van der Waals surface area contributed by atoms with Gasteiger partial charge in [-0.15, -0.1) is 0 Å². The number of nitrogens with one attached hydrogen (secondary N) is 1. The number of carbonyl (C=O) groups is 3. The van der Waals surface area contributed by atoms with E-state index in [1.165, 1.54) is 4.90 Å². The highest BCUT2D eigenvalue weighted by molar-refractivity contribution is 6.01. The van der Waals surface area contributed by atoms with E-state index in [-0.39, 0.29) is 30.1 Å². The molecule has 2 aliphatic heterocycles. The molecule has 7 nitrogen and oxygen atoms in total. The van der Waals surface area contributed by atoms with Crippen LogP contribution in [0.25, 0.3) is 0 Å². The molecule has 0 bridgehead atoms. The van der Waals surface area contributed by atoms with E-state index in [1.54, 1.807) is 4.90 Å². The number of hydrogen-bond acceptors (Lipinski definition) is 4. The highest BCUT2D eigenvalue weighted by Crippen LogP contribution is 2.12. The molecule has 0 aromatic heterocycles. The Morgan fingerprint density at radius 1 is 1.19 bits per heavy atom. The third-order valence-electron chi connectivity index (χ3n) is 3.70. The average molecular weight is 297 g/mol. The maximum Gasteiger partial charge on any atom is 0.317 e. The van der Waals surface area contributed by atoms with Gasteiger partial charge >= 0.3 is 6.03 Å². The van der Waals surface area contributed by atoms with E-state index in [2.05, 4.69) is 5.32 Å². The summed E-state index contributed by atoms with van der Waals surface area (Å²) < 4.78 is 5.58. The first-order valence-corrected chi connectivity index (χ1v) is 7.49. The number of hydrogen-bond donors (Lipinski definition) is 1. The summed E-state index contributed by atoms with van der Waals surface area (Å²) in [4.78, 5) is 37.9. The van der Waals surface area contributed by atoms with Crippen molar-refractivity contribution >= 4 is 17.8 Å². The molecule has 118 valence electrons. The Morgan fingerprint density at radius 2 is 1.76 bits per heavy atom. The molecular weight excluding hydrogens is 274 g/mol. The largest absolute Gasteiger partial charge is 0.372 e. The molecule has 21 heavy (non-hydrogen) atoms. The lowest BCUT2D eigenvalue weighted by Gasteiger charge is -2.35. The number of morpholine rings is 1. The van der Waals surface area contributed by atoms with Crippen molar-refractivity contribution in [3.8, 4) is 0 Å². The zero-order valence-corrected chi connectivity index (χ0v) is 12.6. The second kappa shape index (κ2) is 6.89. The highest BCUT2D eigenvalue weighted by Gasteiger charge is 2.28. The second-order valence-corrected chi connectivity index (χ2v) is 5.69. The zero-order valence-electron chi connectivity index (χ0n) is 12.6. The molecule has 0 saturated carbocycles. The first-order valence-electron chi connectivity index (χ1n) is 7.49. The summed E-state index contributed by atoms with van der Waals surface area (Å²) in [6.07, 6.45) is 1.29. The van der Waals surface area contributed by atoms with Gasteiger partial charge in [0.25, 0.3) is 0 Å². The fraction of sp³-hybridized carbons (Fsp3) is 0.786. The van der Waals surface area contributed by atoms with Crippen molar-refractivity contribution in [3.63, 3.8) is 0 Å².